The number of rotatable bonds is 2. The smallest absolute Gasteiger partial charge is 0.273 e. The Labute approximate surface area is 126 Å². The molecule has 0 atom stereocenters. The van der Waals surface area contributed by atoms with Crippen LogP contribution in [-0.2, 0) is 6.18 Å². The minimum absolute atomic E-state index is 0.0261. The first-order valence-corrected chi connectivity index (χ1v) is 6.34. The summed E-state index contributed by atoms with van der Waals surface area (Å²) in [6.07, 6.45) is -0.595. The van der Waals surface area contributed by atoms with Crippen LogP contribution >= 0.6 is 0 Å². The van der Waals surface area contributed by atoms with Crippen LogP contribution in [0.1, 0.15) is 11.1 Å². The van der Waals surface area contributed by atoms with E-state index >= 15 is 0 Å². The van der Waals surface area contributed by atoms with E-state index < -0.39 is 23.0 Å². The predicted molar refractivity (Wildman–Crippen MR) is 76.3 cm³/mol. The molecule has 1 aliphatic heterocycles. The number of nitrogens with zero attached hydrogens (tertiary/aromatic N) is 3. The van der Waals surface area contributed by atoms with E-state index in [1.807, 2.05) is 0 Å². The van der Waals surface area contributed by atoms with E-state index in [0.717, 1.165) is 22.9 Å². The summed E-state index contributed by atoms with van der Waals surface area (Å²) >= 11 is 0. The highest BCUT2D eigenvalue weighted by molar-refractivity contribution is 5.86. The van der Waals surface area contributed by atoms with Crippen molar-refractivity contribution < 1.29 is 13.2 Å². The quantitative estimate of drug-likeness (QED) is 0.909. The van der Waals surface area contributed by atoms with E-state index in [0.29, 0.717) is 0 Å². The van der Waals surface area contributed by atoms with Gasteiger partial charge in [0, 0.05) is 6.20 Å². The van der Waals surface area contributed by atoms with Crippen LogP contribution in [0, 0.1) is 0 Å². The molecule has 0 saturated carbocycles. The number of nitrogens with one attached hydrogen (secondary N) is 1. The fourth-order valence-electron chi connectivity index (χ4n) is 2.05. The molecular formula is C14H8F3N4O2. The van der Waals surface area contributed by atoms with Crippen LogP contribution in [0.4, 0.5) is 13.2 Å². The second-order valence-electron chi connectivity index (χ2n) is 4.64. The lowest BCUT2D eigenvalue weighted by molar-refractivity contribution is -0.137. The Morgan fingerprint density at radius 1 is 1.17 bits per heavy atom. The highest BCUT2D eigenvalue weighted by atomic mass is 19.4. The molecule has 0 amide bonds. The van der Waals surface area contributed by atoms with Gasteiger partial charge in [-0.1, -0.05) is 6.07 Å². The topological polar surface area (TPSA) is 81.3 Å². The third-order valence-electron chi connectivity index (χ3n) is 3.13. The van der Waals surface area contributed by atoms with Crippen molar-refractivity contribution in [3.05, 3.63) is 68.5 Å². The fraction of sp³-hybridized carbons (Fsp3) is 0.0714. The standard InChI is InChI=1S/C14H8F3N4O2/c15-14(16,17)8-2-1-3-9(6-8)21-7-10(11-4-5-18-20-11)12(22)19-13(21)23/h1-7H,(H,19,22,23). The Morgan fingerprint density at radius 3 is 2.61 bits per heavy atom. The van der Waals surface area contributed by atoms with Gasteiger partial charge in [0.25, 0.3) is 5.56 Å². The summed E-state index contributed by atoms with van der Waals surface area (Å²) in [4.78, 5) is 25.8. The van der Waals surface area contributed by atoms with E-state index in [4.69, 9.17) is 0 Å². The number of halogens is 3. The molecule has 1 aromatic carbocycles. The van der Waals surface area contributed by atoms with Gasteiger partial charge in [-0.15, -0.1) is 0 Å². The zero-order valence-electron chi connectivity index (χ0n) is 11.3. The molecule has 9 heteroatoms. The molecule has 23 heavy (non-hydrogen) atoms. The van der Waals surface area contributed by atoms with E-state index in [2.05, 4.69) is 15.5 Å². The first-order chi connectivity index (χ1) is 10.9. The molecule has 1 N–H and O–H groups in total. The van der Waals surface area contributed by atoms with Crippen LogP contribution in [0.25, 0.3) is 11.4 Å². The molecule has 2 heterocycles. The fourth-order valence-corrected chi connectivity index (χ4v) is 2.05. The second-order valence-corrected chi connectivity index (χ2v) is 4.64. The minimum atomic E-state index is -4.54. The Kier molecular flexibility index (Phi) is 3.40. The Hall–Kier alpha value is -3.10. The van der Waals surface area contributed by atoms with Gasteiger partial charge in [0.2, 0.25) is 0 Å². The van der Waals surface area contributed by atoms with E-state index in [1.165, 1.54) is 24.4 Å². The zero-order valence-corrected chi connectivity index (χ0v) is 11.3. The largest absolute Gasteiger partial charge is 0.416 e. The summed E-state index contributed by atoms with van der Waals surface area (Å²) in [6.45, 7) is 0. The maximum Gasteiger partial charge on any atom is 0.416 e. The van der Waals surface area contributed by atoms with Gasteiger partial charge in [0.05, 0.1) is 23.0 Å². The first-order valence-electron chi connectivity index (χ1n) is 6.34. The van der Waals surface area contributed by atoms with E-state index in [1.54, 1.807) is 0 Å². The van der Waals surface area contributed by atoms with Gasteiger partial charge >= 0.3 is 11.9 Å². The Bertz CT molecular complexity index is 938. The highest BCUT2D eigenvalue weighted by Crippen LogP contribution is 2.30. The van der Waals surface area contributed by atoms with Crippen molar-refractivity contribution in [2.45, 2.75) is 6.18 Å². The first kappa shape index (κ1) is 14.8. The Morgan fingerprint density at radius 2 is 1.96 bits per heavy atom. The number of hydrogen-bond acceptors (Lipinski definition) is 3. The van der Waals surface area contributed by atoms with Crippen molar-refractivity contribution in [2.75, 3.05) is 0 Å². The van der Waals surface area contributed by atoms with Gasteiger partial charge < -0.3 is 0 Å². The van der Waals surface area contributed by atoms with Crippen molar-refractivity contribution in [3.63, 3.8) is 0 Å². The van der Waals surface area contributed by atoms with E-state index in [-0.39, 0.29) is 16.9 Å². The van der Waals surface area contributed by atoms with Gasteiger partial charge in [-0.2, -0.15) is 23.7 Å². The normalized spacial score (nSPS) is 13.8. The number of allylic oxidation sites excluding steroid dienone is 1. The lowest BCUT2D eigenvalue weighted by Crippen LogP contribution is -2.31. The van der Waals surface area contributed by atoms with Gasteiger partial charge in [-0.3, -0.25) is 14.3 Å². The van der Waals surface area contributed by atoms with Crippen LogP contribution < -0.4 is 16.7 Å². The number of aromatic nitrogens is 2. The van der Waals surface area contributed by atoms with Crippen molar-refractivity contribution in [1.29, 1.82) is 0 Å². The lowest BCUT2D eigenvalue weighted by Gasteiger charge is -2.11. The summed E-state index contributed by atoms with van der Waals surface area (Å²) in [7, 11) is 0. The van der Waals surface area contributed by atoms with Crippen molar-refractivity contribution >= 4 is 11.9 Å². The molecule has 0 saturated heterocycles. The zero-order chi connectivity index (χ0) is 16.6. The molecule has 1 aliphatic rings. The molecule has 0 bridgehead atoms. The average molecular weight is 321 g/mol. The molecule has 1 aromatic heterocycles. The van der Waals surface area contributed by atoms with Crippen molar-refractivity contribution in [2.24, 2.45) is 5.10 Å². The molecule has 0 spiro atoms. The molecule has 2 aromatic rings. The molecule has 117 valence electrons. The number of hydrogen-bond donors (Lipinski definition) is 1. The number of H-pyrrole nitrogens is 1. The Balaban J connectivity index is 2.15. The lowest BCUT2D eigenvalue weighted by atomic mass is 10.2. The summed E-state index contributed by atoms with van der Waals surface area (Å²) in [5, 5.41) is 3.57. The third kappa shape index (κ3) is 2.80. The van der Waals surface area contributed by atoms with Gasteiger partial charge in [-0.25, -0.2) is 4.79 Å². The molecule has 0 unspecified atom stereocenters. The van der Waals surface area contributed by atoms with Crippen LogP contribution in [0.5, 0.6) is 0 Å². The number of benzene rings is 1. The molecule has 0 aliphatic carbocycles. The van der Waals surface area contributed by atoms with Gasteiger partial charge in [0.15, 0.2) is 0 Å². The molecule has 3 rings (SSSR count). The van der Waals surface area contributed by atoms with Gasteiger partial charge in [-0.05, 0) is 24.3 Å². The summed E-state index contributed by atoms with van der Waals surface area (Å²) < 4.78 is 39.3. The minimum Gasteiger partial charge on any atom is -0.273 e. The second kappa shape index (κ2) is 5.27. The molecule has 0 fully saturated rings. The monoisotopic (exact) mass is 321 g/mol. The molecule has 6 nitrogen and oxygen atoms in total. The van der Waals surface area contributed by atoms with E-state index in [9.17, 15) is 22.8 Å². The number of aromatic amines is 1. The van der Waals surface area contributed by atoms with Crippen LogP contribution in [0.3, 0.4) is 0 Å². The summed E-state index contributed by atoms with van der Waals surface area (Å²) in [6, 6.07) is 4.22. The maximum atomic E-state index is 12.8. The van der Waals surface area contributed by atoms with Gasteiger partial charge in [0.1, 0.15) is 5.70 Å². The predicted octanol–water partition coefficient (Wildman–Crippen LogP) is 1.49. The average Bonchev–Trinajstić information content (AvgIpc) is 3.00. The molecular weight excluding hydrogens is 313 g/mol. The highest BCUT2D eigenvalue weighted by Gasteiger charge is 2.30. The van der Waals surface area contributed by atoms with Crippen LogP contribution in [0.15, 0.2) is 51.2 Å². The number of alkyl halides is 3. The van der Waals surface area contributed by atoms with Crippen LogP contribution in [-0.4, -0.2) is 15.8 Å². The third-order valence-corrected chi connectivity index (χ3v) is 3.13. The van der Waals surface area contributed by atoms with Crippen molar-refractivity contribution in [3.8, 4) is 5.69 Å². The SMILES string of the molecule is O=c1[nH]c(=O)n(-c2cccc(C(F)(F)F)c2)cc1C1=CC=N[N]1. The summed E-state index contributed by atoms with van der Waals surface area (Å²) in [5.74, 6) is 0. The maximum absolute atomic E-state index is 12.8. The van der Waals surface area contributed by atoms with Crippen LogP contribution in [0.2, 0.25) is 0 Å². The molecule has 1 radical (unpaired) electrons. The van der Waals surface area contributed by atoms with Crippen molar-refractivity contribution in [1.82, 2.24) is 15.0 Å². The summed E-state index contributed by atoms with van der Waals surface area (Å²) in [5.41, 5.74) is 1.47.